The highest BCUT2D eigenvalue weighted by atomic mass is 32.2. The summed E-state index contributed by atoms with van der Waals surface area (Å²) in [6.45, 7) is 0. The fraction of sp³-hybridized carbons (Fsp3) is 0.368. The second-order valence-corrected chi connectivity index (χ2v) is 6.81. The molecule has 21 heavy (non-hydrogen) atoms. The van der Waals surface area contributed by atoms with Crippen LogP contribution in [0.4, 0.5) is 0 Å². The first-order valence-corrected chi connectivity index (χ1v) is 9.06. The minimum absolute atomic E-state index is 0.296. The first-order valence-electron chi connectivity index (χ1n) is 7.77. The SMILES string of the molecule is CSC1CCCC1NC(c1ccccc1)c1ccccc1. The molecule has 0 spiro atoms. The maximum absolute atomic E-state index is 3.93. The molecule has 0 saturated heterocycles. The van der Waals surface area contributed by atoms with Crippen LogP contribution in [-0.2, 0) is 0 Å². The smallest absolute Gasteiger partial charge is 0.0579 e. The van der Waals surface area contributed by atoms with Crippen LogP contribution in [0.25, 0.3) is 0 Å². The molecule has 2 atom stereocenters. The number of rotatable bonds is 5. The van der Waals surface area contributed by atoms with E-state index in [1.54, 1.807) is 0 Å². The van der Waals surface area contributed by atoms with Crippen molar-refractivity contribution in [1.29, 1.82) is 0 Å². The molecule has 1 fully saturated rings. The van der Waals surface area contributed by atoms with Gasteiger partial charge in [-0.2, -0.15) is 11.8 Å². The third kappa shape index (κ3) is 3.50. The van der Waals surface area contributed by atoms with Crippen LogP contribution in [0.5, 0.6) is 0 Å². The summed E-state index contributed by atoms with van der Waals surface area (Å²) in [7, 11) is 0. The molecule has 0 heterocycles. The maximum Gasteiger partial charge on any atom is 0.0579 e. The lowest BCUT2D eigenvalue weighted by atomic mass is 9.97. The standard InChI is InChI=1S/C19H23NS/c1-21-18-14-8-13-17(18)20-19(15-9-4-2-5-10-15)16-11-6-3-7-12-16/h2-7,9-12,17-20H,8,13-14H2,1H3. The van der Waals surface area contributed by atoms with Gasteiger partial charge in [0, 0.05) is 11.3 Å². The van der Waals surface area contributed by atoms with Crippen molar-refractivity contribution in [3.05, 3.63) is 71.8 Å². The van der Waals surface area contributed by atoms with Gasteiger partial charge in [-0.1, -0.05) is 67.1 Å². The quantitative estimate of drug-likeness (QED) is 0.862. The van der Waals surface area contributed by atoms with Crippen molar-refractivity contribution in [3.63, 3.8) is 0 Å². The average Bonchev–Trinajstić information content (AvgIpc) is 3.01. The molecule has 0 amide bonds. The van der Waals surface area contributed by atoms with E-state index in [-0.39, 0.29) is 0 Å². The molecule has 1 aliphatic carbocycles. The van der Waals surface area contributed by atoms with E-state index in [4.69, 9.17) is 0 Å². The molecule has 0 aliphatic heterocycles. The number of nitrogens with one attached hydrogen (secondary N) is 1. The molecule has 1 N–H and O–H groups in total. The molecule has 2 aromatic rings. The molecule has 1 aliphatic rings. The van der Waals surface area contributed by atoms with Crippen molar-refractivity contribution in [2.75, 3.05) is 6.26 Å². The van der Waals surface area contributed by atoms with Gasteiger partial charge in [-0.25, -0.2) is 0 Å². The summed E-state index contributed by atoms with van der Waals surface area (Å²) < 4.78 is 0. The molecule has 2 unspecified atom stereocenters. The van der Waals surface area contributed by atoms with Gasteiger partial charge in [0.25, 0.3) is 0 Å². The molecule has 110 valence electrons. The Bertz CT molecular complexity index is 501. The zero-order valence-corrected chi connectivity index (χ0v) is 13.4. The topological polar surface area (TPSA) is 12.0 Å². The van der Waals surface area contributed by atoms with Crippen molar-refractivity contribution in [2.45, 2.75) is 36.6 Å². The first-order chi connectivity index (χ1) is 10.4. The maximum atomic E-state index is 3.93. The predicted octanol–water partition coefficient (Wildman–Crippen LogP) is 4.65. The van der Waals surface area contributed by atoms with E-state index in [1.807, 2.05) is 11.8 Å². The van der Waals surface area contributed by atoms with Crippen molar-refractivity contribution >= 4 is 11.8 Å². The Labute approximate surface area is 132 Å². The molecule has 0 radical (unpaired) electrons. The lowest BCUT2D eigenvalue weighted by Gasteiger charge is -2.27. The third-order valence-corrected chi connectivity index (χ3v) is 5.57. The van der Waals surface area contributed by atoms with Crippen LogP contribution in [0, 0.1) is 0 Å². The van der Waals surface area contributed by atoms with Gasteiger partial charge in [0.05, 0.1) is 6.04 Å². The van der Waals surface area contributed by atoms with Crippen molar-refractivity contribution in [1.82, 2.24) is 5.32 Å². The van der Waals surface area contributed by atoms with Gasteiger partial charge in [-0.05, 0) is 30.2 Å². The van der Waals surface area contributed by atoms with Crippen LogP contribution in [0.1, 0.15) is 36.4 Å². The van der Waals surface area contributed by atoms with Crippen LogP contribution in [-0.4, -0.2) is 17.5 Å². The van der Waals surface area contributed by atoms with Gasteiger partial charge >= 0.3 is 0 Å². The van der Waals surface area contributed by atoms with Crippen LogP contribution in [0.3, 0.4) is 0 Å². The van der Waals surface area contributed by atoms with Crippen LogP contribution in [0.2, 0.25) is 0 Å². The molecule has 1 nitrogen and oxygen atoms in total. The van der Waals surface area contributed by atoms with Crippen LogP contribution >= 0.6 is 11.8 Å². The largest absolute Gasteiger partial charge is 0.302 e. The fourth-order valence-corrected chi connectivity index (χ4v) is 4.23. The van der Waals surface area contributed by atoms with E-state index in [0.29, 0.717) is 12.1 Å². The van der Waals surface area contributed by atoms with E-state index in [0.717, 1.165) is 5.25 Å². The summed E-state index contributed by atoms with van der Waals surface area (Å²) in [4.78, 5) is 0. The van der Waals surface area contributed by atoms with Crippen molar-refractivity contribution in [3.8, 4) is 0 Å². The highest BCUT2D eigenvalue weighted by Crippen LogP contribution is 2.32. The summed E-state index contributed by atoms with van der Waals surface area (Å²) in [6, 6.07) is 22.5. The van der Waals surface area contributed by atoms with Gasteiger partial charge in [0.15, 0.2) is 0 Å². The number of thioether (sulfide) groups is 1. The lowest BCUT2D eigenvalue weighted by Crippen LogP contribution is -2.37. The Hall–Kier alpha value is -1.25. The third-order valence-electron chi connectivity index (χ3n) is 4.40. The van der Waals surface area contributed by atoms with Crippen molar-refractivity contribution < 1.29 is 0 Å². The van der Waals surface area contributed by atoms with Gasteiger partial charge < -0.3 is 5.32 Å². The Kier molecular flexibility index (Phi) is 5.00. The second-order valence-electron chi connectivity index (χ2n) is 5.73. The minimum Gasteiger partial charge on any atom is -0.302 e. The molecule has 2 heteroatoms. The van der Waals surface area contributed by atoms with Gasteiger partial charge in [-0.15, -0.1) is 0 Å². The van der Waals surface area contributed by atoms with Crippen LogP contribution < -0.4 is 5.32 Å². The highest BCUT2D eigenvalue weighted by molar-refractivity contribution is 7.99. The van der Waals surface area contributed by atoms with Crippen LogP contribution in [0.15, 0.2) is 60.7 Å². The Morgan fingerprint density at radius 1 is 0.905 bits per heavy atom. The first kappa shape index (κ1) is 14.7. The summed E-state index contributed by atoms with van der Waals surface area (Å²) in [5.74, 6) is 0. The average molecular weight is 297 g/mol. The normalized spacial score (nSPS) is 21.8. The minimum atomic E-state index is 0.296. The van der Waals surface area contributed by atoms with Gasteiger partial charge in [0.1, 0.15) is 0 Å². The molecule has 1 saturated carbocycles. The van der Waals surface area contributed by atoms with E-state index < -0.39 is 0 Å². The zero-order valence-electron chi connectivity index (χ0n) is 12.5. The van der Waals surface area contributed by atoms with E-state index in [9.17, 15) is 0 Å². The number of hydrogen-bond donors (Lipinski definition) is 1. The lowest BCUT2D eigenvalue weighted by molar-refractivity contribution is 0.485. The highest BCUT2D eigenvalue weighted by Gasteiger charge is 2.29. The summed E-state index contributed by atoms with van der Waals surface area (Å²) in [6.07, 6.45) is 6.22. The molecule has 0 aromatic heterocycles. The van der Waals surface area contributed by atoms with E-state index in [2.05, 4.69) is 72.2 Å². The Morgan fingerprint density at radius 3 is 2.00 bits per heavy atom. The molecular weight excluding hydrogens is 274 g/mol. The summed E-state index contributed by atoms with van der Waals surface area (Å²) >= 11 is 2.01. The Morgan fingerprint density at radius 2 is 1.48 bits per heavy atom. The van der Waals surface area contributed by atoms with E-state index in [1.165, 1.54) is 30.4 Å². The fourth-order valence-electron chi connectivity index (χ4n) is 3.29. The van der Waals surface area contributed by atoms with E-state index >= 15 is 0 Å². The molecule has 2 aromatic carbocycles. The zero-order chi connectivity index (χ0) is 14.5. The number of hydrogen-bond acceptors (Lipinski definition) is 2. The molecule has 0 bridgehead atoms. The predicted molar refractivity (Wildman–Crippen MR) is 92.8 cm³/mol. The monoisotopic (exact) mass is 297 g/mol. The van der Waals surface area contributed by atoms with Crippen molar-refractivity contribution in [2.24, 2.45) is 0 Å². The Balaban J connectivity index is 1.86. The summed E-state index contributed by atoms with van der Waals surface area (Å²) in [5, 5.41) is 4.68. The van der Waals surface area contributed by atoms with Gasteiger partial charge in [0.2, 0.25) is 0 Å². The van der Waals surface area contributed by atoms with Gasteiger partial charge in [-0.3, -0.25) is 0 Å². The second kappa shape index (κ2) is 7.15. The molecule has 3 rings (SSSR count). The molecular formula is C19H23NS. The number of benzene rings is 2. The summed E-state index contributed by atoms with van der Waals surface area (Å²) in [5.41, 5.74) is 2.71.